The van der Waals surface area contributed by atoms with Crippen LogP contribution in [-0.4, -0.2) is 28.9 Å². The fourth-order valence-electron chi connectivity index (χ4n) is 1.83. The van der Waals surface area contributed by atoms with Crippen molar-refractivity contribution in [2.24, 2.45) is 0 Å². The predicted octanol–water partition coefficient (Wildman–Crippen LogP) is 2.54. The molecule has 1 saturated carbocycles. The molecule has 0 spiro atoms. The molecule has 0 heterocycles. The first kappa shape index (κ1) is 13.9. The fourth-order valence-corrected chi connectivity index (χ4v) is 1.83. The van der Waals surface area contributed by atoms with Crippen molar-refractivity contribution in [3.63, 3.8) is 0 Å². The molecule has 0 atom stereocenters. The first-order chi connectivity index (χ1) is 8.83. The summed E-state index contributed by atoms with van der Waals surface area (Å²) in [5.41, 5.74) is 0.0184. The highest BCUT2D eigenvalue weighted by Crippen LogP contribution is 2.26. The predicted molar refractivity (Wildman–Crippen MR) is 71.3 cm³/mol. The minimum absolute atomic E-state index is 0.0855. The average Bonchev–Trinajstić information content (AvgIpc) is 2.25. The fraction of sp³-hybridized carbons (Fsp3) is 0.533. The number of esters is 1. The second-order valence-electron chi connectivity index (χ2n) is 5.89. The van der Waals surface area contributed by atoms with Gasteiger partial charge in [-0.2, -0.15) is 0 Å². The van der Waals surface area contributed by atoms with E-state index < -0.39 is 5.60 Å². The Morgan fingerprint density at radius 3 is 2.26 bits per heavy atom. The van der Waals surface area contributed by atoms with Crippen LogP contribution >= 0.6 is 0 Å². The lowest BCUT2D eigenvalue weighted by Gasteiger charge is -2.31. The van der Waals surface area contributed by atoms with Gasteiger partial charge < -0.3 is 14.6 Å². The lowest BCUT2D eigenvalue weighted by molar-refractivity contribution is -0.0107. The Balaban J connectivity index is 1.92. The number of benzene rings is 1. The number of aliphatic hydroxyl groups excluding tert-OH is 1. The molecule has 0 unspecified atom stereocenters. The van der Waals surface area contributed by atoms with Crippen LogP contribution in [0.1, 0.15) is 44.0 Å². The van der Waals surface area contributed by atoms with Crippen molar-refractivity contribution in [2.45, 2.75) is 51.4 Å². The van der Waals surface area contributed by atoms with Crippen LogP contribution in [0.15, 0.2) is 24.3 Å². The zero-order chi connectivity index (χ0) is 14.0. The maximum atomic E-state index is 11.8. The summed E-state index contributed by atoms with van der Waals surface area (Å²) >= 11 is 0. The Labute approximate surface area is 113 Å². The number of aliphatic hydroxyl groups is 1. The van der Waals surface area contributed by atoms with Crippen molar-refractivity contribution in [3.8, 4) is 5.75 Å². The Hall–Kier alpha value is -1.55. The average molecular weight is 264 g/mol. The van der Waals surface area contributed by atoms with Crippen LogP contribution < -0.4 is 4.74 Å². The second kappa shape index (κ2) is 5.21. The molecule has 1 fully saturated rings. The smallest absolute Gasteiger partial charge is 0.338 e. The number of hydrogen-bond donors (Lipinski definition) is 1. The minimum atomic E-state index is -0.492. The quantitative estimate of drug-likeness (QED) is 0.852. The largest absolute Gasteiger partial charge is 0.490 e. The summed E-state index contributed by atoms with van der Waals surface area (Å²) in [5.74, 6) is 0.377. The van der Waals surface area contributed by atoms with Crippen molar-refractivity contribution >= 4 is 5.97 Å². The van der Waals surface area contributed by atoms with Crippen LogP contribution in [0.25, 0.3) is 0 Å². The van der Waals surface area contributed by atoms with Crippen molar-refractivity contribution in [1.82, 2.24) is 0 Å². The summed E-state index contributed by atoms with van der Waals surface area (Å²) in [7, 11) is 0. The van der Waals surface area contributed by atoms with E-state index in [4.69, 9.17) is 9.47 Å². The molecule has 1 aliphatic rings. The van der Waals surface area contributed by atoms with Gasteiger partial charge in [-0.15, -0.1) is 0 Å². The monoisotopic (exact) mass is 264 g/mol. The zero-order valence-corrected chi connectivity index (χ0v) is 11.6. The Bertz CT molecular complexity index is 438. The van der Waals surface area contributed by atoms with E-state index in [2.05, 4.69) is 0 Å². The van der Waals surface area contributed by atoms with Crippen molar-refractivity contribution < 1.29 is 19.4 Å². The molecule has 4 heteroatoms. The molecule has 19 heavy (non-hydrogen) atoms. The molecule has 0 aromatic heterocycles. The van der Waals surface area contributed by atoms with E-state index in [1.54, 1.807) is 24.3 Å². The lowest BCUT2D eigenvalue weighted by Crippen LogP contribution is -2.37. The van der Waals surface area contributed by atoms with Crippen molar-refractivity contribution in [3.05, 3.63) is 29.8 Å². The van der Waals surface area contributed by atoms with E-state index in [0.29, 0.717) is 24.2 Å². The van der Waals surface area contributed by atoms with Gasteiger partial charge in [-0.25, -0.2) is 4.79 Å². The van der Waals surface area contributed by atoms with Gasteiger partial charge >= 0.3 is 5.97 Å². The van der Waals surface area contributed by atoms with E-state index in [1.165, 1.54) is 0 Å². The van der Waals surface area contributed by atoms with Gasteiger partial charge in [-0.3, -0.25) is 0 Å². The molecule has 0 amide bonds. The maximum absolute atomic E-state index is 11.8. The van der Waals surface area contributed by atoms with Crippen molar-refractivity contribution in [2.75, 3.05) is 0 Å². The summed E-state index contributed by atoms with van der Waals surface area (Å²) in [6.45, 7) is 5.51. The van der Waals surface area contributed by atoms with Crippen LogP contribution in [0, 0.1) is 0 Å². The van der Waals surface area contributed by atoms with E-state index in [0.717, 1.165) is 0 Å². The third kappa shape index (κ3) is 3.96. The van der Waals surface area contributed by atoms with Gasteiger partial charge in [-0.05, 0) is 45.0 Å². The SMILES string of the molecule is CC(C)(C)OC(=O)c1ccc(OC2CC(O)C2)cc1. The van der Waals surface area contributed by atoms with Gasteiger partial charge in [-0.1, -0.05) is 0 Å². The zero-order valence-electron chi connectivity index (χ0n) is 11.6. The lowest BCUT2D eigenvalue weighted by atomic mass is 9.92. The van der Waals surface area contributed by atoms with Crippen LogP contribution in [0.4, 0.5) is 0 Å². The molecule has 0 bridgehead atoms. The molecular weight excluding hydrogens is 244 g/mol. The maximum Gasteiger partial charge on any atom is 0.338 e. The van der Waals surface area contributed by atoms with Gasteiger partial charge in [0.15, 0.2) is 0 Å². The number of carbonyl (C=O) groups is 1. The third-order valence-corrected chi connectivity index (χ3v) is 2.86. The van der Waals surface area contributed by atoms with Gasteiger partial charge in [0.25, 0.3) is 0 Å². The van der Waals surface area contributed by atoms with E-state index >= 15 is 0 Å². The normalized spacial score (nSPS) is 22.5. The molecule has 104 valence electrons. The summed E-state index contributed by atoms with van der Waals surface area (Å²) in [5, 5.41) is 9.18. The highest BCUT2D eigenvalue weighted by molar-refractivity contribution is 5.89. The third-order valence-electron chi connectivity index (χ3n) is 2.86. The van der Waals surface area contributed by atoms with E-state index in [1.807, 2.05) is 20.8 Å². The molecule has 0 radical (unpaired) electrons. The number of rotatable bonds is 3. The van der Waals surface area contributed by atoms with Gasteiger partial charge in [0.05, 0.1) is 11.7 Å². The highest BCUT2D eigenvalue weighted by atomic mass is 16.6. The van der Waals surface area contributed by atoms with Gasteiger partial charge in [0.2, 0.25) is 0 Å². The van der Waals surface area contributed by atoms with E-state index in [-0.39, 0.29) is 18.2 Å². The number of ether oxygens (including phenoxy) is 2. The highest BCUT2D eigenvalue weighted by Gasteiger charge is 2.28. The molecular formula is C15H20O4. The van der Waals surface area contributed by atoms with Crippen molar-refractivity contribution in [1.29, 1.82) is 0 Å². The molecule has 0 aliphatic heterocycles. The van der Waals surface area contributed by atoms with E-state index in [9.17, 15) is 9.90 Å². The standard InChI is InChI=1S/C15H20O4/c1-15(2,3)19-14(17)10-4-6-12(7-5-10)18-13-8-11(16)9-13/h4-7,11,13,16H,8-9H2,1-3H3. The number of hydrogen-bond acceptors (Lipinski definition) is 4. The summed E-state index contributed by atoms with van der Waals surface area (Å²) in [6, 6.07) is 6.89. The molecule has 1 aliphatic carbocycles. The topological polar surface area (TPSA) is 55.8 Å². The number of carbonyl (C=O) groups excluding carboxylic acids is 1. The second-order valence-corrected chi connectivity index (χ2v) is 5.89. The molecule has 2 rings (SSSR count). The van der Waals surface area contributed by atoms with Crippen LogP contribution in [-0.2, 0) is 4.74 Å². The Morgan fingerprint density at radius 2 is 1.79 bits per heavy atom. The Morgan fingerprint density at radius 1 is 1.21 bits per heavy atom. The van der Waals surface area contributed by atoms with Crippen LogP contribution in [0.3, 0.4) is 0 Å². The Kier molecular flexibility index (Phi) is 3.80. The van der Waals surface area contributed by atoms with Crippen LogP contribution in [0.5, 0.6) is 5.75 Å². The molecule has 1 N–H and O–H groups in total. The molecule has 4 nitrogen and oxygen atoms in total. The molecule has 1 aromatic carbocycles. The van der Waals surface area contributed by atoms with Gasteiger partial charge in [0.1, 0.15) is 17.5 Å². The van der Waals surface area contributed by atoms with Gasteiger partial charge in [0, 0.05) is 12.8 Å². The van der Waals surface area contributed by atoms with Crippen LogP contribution in [0.2, 0.25) is 0 Å². The first-order valence-electron chi connectivity index (χ1n) is 6.51. The first-order valence-corrected chi connectivity index (χ1v) is 6.51. The minimum Gasteiger partial charge on any atom is -0.490 e. The molecule has 1 aromatic rings. The summed E-state index contributed by atoms with van der Waals surface area (Å²) in [6.07, 6.45) is 1.20. The summed E-state index contributed by atoms with van der Waals surface area (Å²) in [4.78, 5) is 11.8. The summed E-state index contributed by atoms with van der Waals surface area (Å²) < 4.78 is 10.9. The molecule has 0 saturated heterocycles.